The summed E-state index contributed by atoms with van der Waals surface area (Å²) < 4.78 is 5.36. The zero-order chi connectivity index (χ0) is 11.4. The third-order valence-electron chi connectivity index (χ3n) is 3.53. The predicted molar refractivity (Wildman–Crippen MR) is 64.4 cm³/mol. The molecule has 1 N–H and O–H groups in total. The number of nitrogens with zero attached hydrogens (tertiary/aromatic N) is 1. The Hall–Kier alpha value is -0.830. The van der Waals surface area contributed by atoms with Crippen molar-refractivity contribution in [3.63, 3.8) is 0 Å². The van der Waals surface area contributed by atoms with Crippen molar-refractivity contribution in [1.82, 2.24) is 10.5 Å². The molecule has 0 bridgehead atoms. The van der Waals surface area contributed by atoms with E-state index in [-0.39, 0.29) is 0 Å². The van der Waals surface area contributed by atoms with Crippen LogP contribution in [0.4, 0.5) is 0 Å². The minimum atomic E-state index is 0.712. The van der Waals surface area contributed by atoms with Crippen LogP contribution in [0.5, 0.6) is 0 Å². The van der Waals surface area contributed by atoms with Crippen molar-refractivity contribution in [2.45, 2.75) is 65.0 Å². The van der Waals surface area contributed by atoms with Gasteiger partial charge in [-0.05, 0) is 19.3 Å². The van der Waals surface area contributed by atoms with Gasteiger partial charge in [-0.3, -0.25) is 0 Å². The molecule has 0 spiro atoms. The molecule has 2 rings (SSSR count). The van der Waals surface area contributed by atoms with Crippen LogP contribution in [0, 0.1) is 0 Å². The van der Waals surface area contributed by atoms with Crippen LogP contribution in [-0.2, 0) is 19.4 Å². The molecule has 1 fully saturated rings. The highest BCUT2D eigenvalue weighted by Gasteiger charge is 2.17. The normalized spacial score (nSPS) is 17.1. The lowest BCUT2D eigenvalue weighted by molar-refractivity contribution is 0.379. The van der Waals surface area contributed by atoms with Crippen molar-refractivity contribution in [1.29, 1.82) is 0 Å². The average Bonchev–Trinajstić information content (AvgIpc) is 2.94. The van der Waals surface area contributed by atoms with E-state index in [0.29, 0.717) is 6.04 Å². The number of aromatic nitrogens is 1. The van der Waals surface area contributed by atoms with Gasteiger partial charge in [0.25, 0.3) is 0 Å². The summed E-state index contributed by atoms with van der Waals surface area (Å²) in [6.07, 6.45) is 7.31. The zero-order valence-corrected chi connectivity index (χ0v) is 10.4. The minimum absolute atomic E-state index is 0.712. The van der Waals surface area contributed by atoms with Gasteiger partial charge < -0.3 is 9.84 Å². The molecule has 0 radical (unpaired) electrons. The van der Waals surface area contributed by atoms with Gasteiger partial charge in [-0.1, -0.05) is 31.8 Å². The van der Waals surface area contributed by atoms with Crippen molar-refractivity contribution in [3.8, 4) is 0 Å². The molecule has 0 unspecified atom stereocenters. The van der Waals surface area contributed by atoms with Crippen molar-refractivity contribution >= 4 is 0 Å². The Balaban J connectivity index is 1.98. The summed E-state index contributed by atoms with van der Waals surface area (Å²) in [6, 6.07) is 0.712. The van der Waals surface area contributed by atoms with Gasteiger partial charge >= 0.3 is 0 Å². The Kier molecular flexibility index (Phi) is 3.99. The van der Waals surface area contributed by atoms with Crippen molar-refractivity contribution < 1.29 is 4.52 Å². The molecule has 1 aromatic heterocycles. The number of rotatable bonds is 5. The van der Waals surface area contributed by atoms with Crippen LogP contribution in [0.25, 0.3) is 0 Å². The molecule has 0 atom stereocenters. The molecule has 1 aliphatic carbocycles. The summed E-state index contributed by atoms with van der Waals surface area (Å²) in [4.78, 5) is 0. The monoisotopic (exact) mass is 222 g/mol. The summed E-state index contributed by atoms with van der Waals surface area (Å²) in [5, 5.41) is 7.77. The van der Waals surface area contributed by atoms with Gasteiger partial charge in [-0.25, -0.2) is 0 Å². The second-order valence-electron chi connectivity index (χ2n) is 4.60. The number of aryl methyl sites for hydroxylation is 2. The molecule has 0 aromatic carbocycles. The summed E-state index contributed by atoms with van der Waals surface area (Å²) in [5.74, 6) is 1.06. The molecule has 1 aromatic rings. The van der Waals surface area contributed by atoms with Crippen LogP contribution in [0.15, 0.2) is 4.52 Å². The molecule has 0 amide bonds. The van der Waals surface area contributed by atoms with Crippen LogP contribution in [0.2, 0.25) is 0 Å². The van der Waals surface area contributed by atoms with Gasteiger partial charge in [0.1, 0.15) is 5.76 Å². The van der Waals surface area contributed by atoms with Crippen molar-refractivity contribution in [2.24, 2.45) is 0 Å². The largest absolute Gasteiger partial charge is 0.361 e. The Morgan fingerprint density at radius 3 is 2.62 bits per heavy atom. The molecule has 1 heterocycles. The lowest BCUT2D eigenvalue weighted by Gasteiger charge is -2.11. The van der Waals surface area contributed by atoms with E-state index in [0.717, 1.165) is 30.8 Å². The van der Waals surface area contributed by atoms with Crippen LogP contribution >= 0.6 is 0 Å². The van der Waals surface area contributed by atoms with Crippen LogP contribution < -0.4 is 5.32 Å². The van der Waals surface area contributed by atoms with Gasteiger partial charge in [-0.2, -0.15) is 0 Å². The smallest absolute Gasteiger partial charge is 0.141 e. The van der Waals surface area contributed by atoms with Crippen LogP contribution in [0.1, 0.15) is 56.5 Å². The quantitative estimate of drug-likeness (QED) is 0.832. The Bertz CT molecular complexity index is 305. The summed E-state index contributed by atoms with van der Waals surface area (Å²) in [7, 11) is 0. The minimum Gasteiger partial charge on any atom is -0.361 e. The number of hydrogen-bond donors (Lipinski definition) is 1. The first kappa shape index (κ1) is 11.6. The van der Waals surface area contributed by atoms with Crippen LogP contribution in [0.3, 0.4) is 0 Å². The molecular weight excluding hydrogens is 200 g/mol. The van der Waals surface area contributed by atoms with Gasteiger partial charge in [0.05, 0.1) is 5.69 Å². The second-order valence-corrected chi connectivity index (χ2v) is 4.60. The van der Waals surface area contributed by atoms with E-state index in [2.05, 4.69) is 24.3 Å². The topological polar surface area (TPSA) is 38.1 Å². The van der Waals surface area contributed by atoms with E-state index >= 15 is 0 Å². The highest BCUT2D eigenvalue weighted by atomic mass is 16.5. The highest BCUT2D eigenvalue weighted by Crippen LogP contribution is 2.20. The maximum absolute atomic E-state index is 5.36. The summed E-state index contributed by atoms with van der Waals surface area (Å²) in [5.41, 5.74) is 2.43. The standard InChI is InChI=1S/C13H22N2O/c1-3-12-11(13(4-2)16-15-12)9-14-10-7-5-6-8-10/h10,14H,3-9H2,1-2H3. The fourth-order valence-corrected chi connectivity index (χ4v) is 2.51. The van der Waals surface area contributed by atoms with E-state index in [4.69, 9.17) is 4.52 Å². The Morgan fingerprint density at radius 1 is 1.25 bits per heavy atom. The highest BCUT2D eigenvalue weighted by molar-refractivity contribution is 5.23. The third kappa shape index (κ3) is 2.46. The predicted octanol–water partition coefficient (Wildman–Crippen LogP) is 2.83. The molecule has 3 nitrogen and oxygen atoms in total. The lowest BCUT2D eigenvalue weighted by atomic mass is 10.1. The third-order valence-corrected chi connectivity index (χ3v) is 3.53. The molecule has 0 saturated heterocycles. The molecule has 1 aliphatic rings. The fourth-order valence-electron chi connectivity index (χ4n) is 2.51. The average molecular weight is 222 g/mol. The van der Waals surface area contributed by atoms with Gasteiger partial charge in [0.15, 0.2) is 0 Å². The van der Waals surface area contributed by atoms with Crippen molar-refractivity contribution in [2.75, 3.05) is 0 Å². The maximum Gasteiger partial charge on any atom is 0.141 e. The van der Waals surface area contributed by atoms with E-state index in [9.17, 15) is 0 Å². The summed E-state index contributed by atoms with van der Waals surface area (Å²) >= 11 is 0. The van der Waals surface area contributed by atoms with E-state index in [1.54, 1.807) is 0 Å². The first-order valence-corrected chi connectivity index (χ1v) is 6.54. The summed E-state index contributed by atoms with van der Waals surface area (Å²) in [6.45, 7) is 5.19. The Morgan fingerprint density at radius 2 is 2.00 bits per heavy atom. The number of nitrogens with one attached hydrogen (secondary N) is 1. The zero-order valence-electron chi connectivity index (χ0n) is 10.4. The SMILES string of the molecule is CCc1noc(CC)c1CNC1CCCC1. The molecule has 90 valence electrons. The molecular formula is C13H22N2O. The molecule has 3 heteroatoms. The molecule has 0 aliphatic heterocycles. The lowest BCUT2D eigenvalue weighted by Crippen LogP contribution is -2.26. The Labute approximate surface area is 97.6 Å². The van der Waals surface area contributed by atoms with Gasteiger partial charge in [-0.15, -0.1) is 0 Å². The first-order chi connectivity index (χ1) is 7.85. The van der Waals surface area contributed by atoms with Gasteiger partial charge in [0.2, 0.25) is 0 Å². The molecule has 1 saturated carbocycles. The van der Waals surface area contributed by atoms with E-state index in [1.807, 2.05) is 0 Å². The van der Waals surface area contributed by atoms with Crippen molar-refractivity contribution in [3.05, 3.63) is 17.0 Å². The van der Waals surface area contributed by atoms with Gasteiger partial charge in [0, 0.05) is 24.6 Å². The molecule has 16 heavy (non-hydrogen) atoms. The van der Waals surface area contributed by atoms with E-state index < -0.39 is 0 Å². The maximum atomic E-state index is 5.36. The van der Waals surface area contributed by atoms with E-state index in [1.165, 1.54) is 31.2 Å². The number of hydrogen-bond acceptors (Lipinski definition) is 3. The second kappa shape index (κ2) is 5.48. The fraction of sp³-hybridized carbons (Fsp3) is 0.769. The van der Waals surface area contributed by atoms with Crippen LogP contribution in [-0.4, -0.2) is 11.2 Å². The first-order valence-electron chi connectivity index (χ1n) is 6.54.